The predicted molar refractivity (Wildman–Crippen MR) is 91.0 cm³/mol. The van der Waals surface area contributed by atoms with Crippen molar-refractivity contribution < 1.29 is 19.4 Å². The Kier molecular flexibility index (Phi) is 5.62. The van der Waals surface area contributed by atoms with Crippen molar-refractivity contribution in [3.05, 3.63) is 41.2 Å². The smallest absolute Gasteiger partial charge is 0.290 e. The minimum Gasteiger partial charge on any atom is -0.503 e. The van der Waals surface area contributed by atoms with Crippen molar-refractivity contribution in [2.75, 3.05) is 34.3 Å². The summed E-state index contributed by atoms with van der Waals surface area (Å²) in [4.78, 5) is 28.4. The number of benzene rings is 1. The van der Waals surface area contributed by atoms with E-state index in [0.717, 1.165) is 5.56 Å². The fourth-order valence-electron chi connectivity index (χ4n) is 2.83. The van der Waals surface area contributed by atoms with E-state index in [0.29, 0.717) is 18.8 Å². The van der Waals surface area contributed by atoms with Gasteiger partial charge in [0.05, 0.1) is 18.7 Å². The number of ether oxygens (including phenoxy) is 1. The van der Waals surface area contributed by atoms with E-state index in [2.05, 4.69) is 0 Å². The Morgan fingerprint density at radius 1 is 1.38 bits per heavy atom. The molecular formula is C18H24N2O4. The van der Waals surface area contributed by atoms with Crippen molar-refractivity contribution in [1.82, 2.24) is 9.80 Å². The minimum atomic E-state index is -0.583. The first-order valence-electron chi connectivity index (χ1n) is 7.96. The molecule has 0 radical (unpaired) electrons. The number of ketones is 1. The molecule has 6 heteroatoms. The molecule has 0 aliphatic carbocycles. The van der Waals surface area contributed by atoms with Gasteiger partial charge in [-0.15, -0.1) is 0 Å². The van der Waals surface area contributed by atoms with Gasteiger partial charge in [0.15, 0.2) is 11.5 Å². The summed E-state index contributed by atoms with van der Waals surface area (Å²) in [5, 5.41) is 10.3. The Balaban J connectivity index is 2.48. The SMILES string of the molecule is CCC(=O)C1=C(O)C(=O)N(CCN(C)C)C1c1cccc(OC)c1. The van der Waals surface area contributed by atoms with Gasteiger partial charge >= 0.3 is 0 Å². The maximum absolute atomic E-state index is 12.5. The summed E-state index contributed by atoms with van der Waals surface area (Å²) in [6, 6.07) is 6.66. The number of rotatable bonds is 7. The first-order valence-corrected chi connectivity index (χ1v) is 7.96. The zero-order valence-electron chi connectivity index (χ0n) is 14.6. The van der Waals surface area contributed by atoms with Crippen LogP contribution >= 0.6 is 0 Å². The molecule has 0 spiro atoms. The van der Waals surface area contributed by atoms with Crippen LogP contribution in [0.25, 0.3) is 0 Å². The van der Waals surface area contributed by atoms with Crippen molar-refractivity contribution in [3.8, 4) is 5.75 Å². The molecule has 1 atom stereocenters. The Bertz CT molecular complexity index is 667. The monoisotopic (exact) mass is 332 g/mol. The topological polar surface area (TPSA) is 70.1 Å². The lowest BCUT2D eigenvalue weighted by atomic mass is 9.95. The van der Waals surface area contributed by atoms with E-state index in [4.69, 9.17) is 4.74 Å². The average Bonchev–Trinajstić information content (AvgIpc) is 2.83. The van der Waals surface area contributed by atoms with Gasteiger partial charge in [-0.2, -0.15) is 0 Å². The lowest BCUT2D eigenvalue weighted by Gasteiger charge is -2.28. The number of carbonyl (C=O) groups is 2. The number of amides is 1. The highest BCUT2D eigenvalue weighted by molar-refractivity contribution is 6.08. The van der Waals surface area contributed by atoms with Gasteiger partial charge in [-0.3, -0.25) is 9.59 Å². The third-order valence-electron chi connectivity index (χ3n) is 4.12. The number of Topliss-reactive ketones (excluding diaryl/α,β-unsaturated/α-hetero) is 1. The minimum absolute atomic E-state index is 0.175. The van der Waals surface area contributed by atoms with Crippen LogP contribution in [0.3, 0.4) is 0 Å². The molecule has 24 heavy (non-hydrogen) atoms. The molecule has 1 aromatic carbocycles. The third-order valence-corrected chi connectivity index (χ3v) is 4.12. The highest BCUT2D eigenvalue weighted by atomic mass is 16.5. The van der Waals surface area contributed by atoms with E-state index in [1.165, 1.54) is 0 Å². The molecule has 1 aliphatic heterocycles. The molecule has 0 aromatic heterocycles. The Labute approximate surface area is 142 Å². The lowest BCUT2D eigenvalue weighted by molar-refractivity contribution is -0.129. The first kappa shape index (κ1) is 18.0. The fourth-order valence-corrected chi connectivity index (χ4v) is 2.83. The molecule has 1 heterocycles. The maximum atomic E-state index is 12.5. The van der Waals surface area contributed by atoms with Crippen LogP contribution < -0.4 is 4.74 Å². The highest BCUT2D eigenvalue weighted by Gasteiger charge is 2.42. The number of aliphatic hydroxyl groups is 1. The van der Waals surface area contributed by atoms with Gasteiger partial charge in [-0.1, -0.05) is 19.1 Å². The standard InChI is InChI=1S/C18H24N2O4/c1-5-14(21)15-16(12-7-6-8-13(11-12)24-4)20(10-9-19(2)3)18(23)17(15)22/h6-8,11,16,22H,5,9-10H2,1-4H3. The number of likely N-dealkylation sites (N-methyl/N-ethyl adjacent to an activating group) is 1. The van der Waals surface area contributed by atoms with Gasteiger partial charge in [-0.25, -0.2) is 0 Å². The molecule has 6 nitrogen and oxygen atoms in total. The van der Waals surface area contributed by atoms with Crippen molar-refractivity contribution >= 4 is 11.7 Å². The van der Waals surface area contributed by atoms with E-state index >= 15 is 0 Å². The van der Waals surface area contributed by atoms with Crippen LogP contribution in [0.15, 0.2) is 35.6 Å². The van der Waals surface area contributed by atoms with Crippen LogP contribution in [0.5, 0.6) is 5.75 Å². The molecular weight excluding hydrogens is 308 g/mol. The zero-order valence-corrected chi connectivity index (χ0v) is 14.6. The zero-order chi connectivity index (χ0) is 17.9. The van der Waals surface area contributed by atoms with Crippen LogP contribution in [0.1, 0.15) is 24.9 Å². The summed E-state index contributed by atoms with van der Waals surface area (Å²) in [6.07, 6.45) is 0.231. The molecule has 0 saturated carbocycles. The number of hydrogen-bond donors (Lipinski definition) is 1. The second-order valence-corrected chi connectivity index (χ2v) is 6.02. The van der Waals surface area contributed by atoms with Gasteiger partial charge in [0, 0.05) is 19.5 Å². The Hall–Kier alpha value is -2.34. The van der Waals surface area contributed by atoms with E-state index in [9.17, 15) is 14.7 Å². The normalized spacial score (nSPS) is 17.8. The predicted octanol–water partition coefficient (Wildman–Crippen LogP) is 1.93. The van der Waals surface area contributed by atoms with Gasteiger partial charge in [0.25, 0.3) is 5.91 Å². The summed E-state index contributed by atoms with van der Waals surface area (Å²) in [7, 11) is 5.38. The van der Waals surface area contributed by atoms with E-state index < -0.39 is 17.7 Å². The summed E-state index contributed by atoms with van der Waals surface area (Å²) in [5.41, 5.74) is 0.928. The quantitative estimate of drug-likeness (QED) is 0.826. The molecule has 1 N–H and O–H groups in total. The number of methoxy groups -OCH3 is 1. The molecule has 1 amide bonds. The molecule has 1 unspecified atom stereocenters. The highest BCUT2D eigenvalue weighted by Crippen LogP contribution is 2.38. The second-order valence-electron chi connectivity index (χ2n) is 6.02. The fraction of sp³-hybridized carbons (Fsp3) is 0.444. The summed E-state index contributed by atoms with van der Waals surface area (Å²) >= 11 is 0. The second kappa shape index (κ2) is 7.49. The number of aliphatic hydroxyl groups excluding tert-OH is 1. The average molecular weight is 332 g/mol. The molecule has 0 fully saturated rings. The third kappa shape index (κ3) is 3.43. The number of carbonyl (C=O) groups excluding carboxylic acids is 2. The van der Waals surface area contributed by atoms with E-state index in [1.54, 1.807) is 31.1 Å². The van der Waals surface area contributed by atoms with Gasteiger partial charge in [-0.05, 0) is 31.8 Å². The summed E-state index contributed by atoms with van der Waals surface area (Å²) in [6.45, 7) is 2.77. The molecule has 0 saturated heterocycles. The van der Waals surface area contributed by atoms with Crippen LogP contribution in [0.4, 0.5) is 0 Å². The van der Waals surface area contributed by atoms with Crippen LogP contribution in [-0.2, 0) is 9.59 Å². The molecule has 130 valence electrons. The van der Waals surface area contributed by atoms with Crippen LogP contribution in [0.2, 0.25) is 0 Å². The maximum Gasteiger partial charge on any atom is 0.290 e. The summed E-state index contributed by atoms with van der Waals surface area (Å²) < 4.78 is 5.25. The lowest BCUT2D eigenvalue weighted by Crippen LogP contribution is -2.36. The van der Waals surface area contributed by atoms with E-state index in [-0.39, 0.29) is 17.8 Å². The number of nitrogens with zero attached hydrogens (tertiary/aromatic N) is 2. The van der Waals surface area contributed by atoms with Gasteiger partial charge < -0.3 is 19.6 Å². The van der Waals surface area contributed by atoms with Crippen molar-refractivity contribution in [1.29, 1.82) is 0 Å². The van der Waals surface area contributed by atoms with Crippen molar-refractivity contribution in [3.63, 3.8) is 0 Å². The molecule has 1 aliphatic rings. The first-order chi connectivity index (χ1) is 11.4. The van der Waals surface area contributed by atoms with Gasteiger partial charge in [0.2, 0.25) is 0 Å². The Morgan fingerprint density at radius 3 is 2.67 bits per heavy atom. The van der Waals surface area contributed by atoms with Crippen LogP contribution in [0, 0.1) is 0 Å². The molecule has 1 aromatic rings. The number of hydrogen-bond acceptors (Lipinski definition) is 5. The summed E-state index contributed by atoms with van der Waals surface area (Å²) in [5.74, 6) is -0.516. The van der Waals surface area contributed by atoms with Crippen LogP contribution in [-0.4, -0.2) is 60.9 Å². The van der Waals surface area contributed by atoms with Gasteiger partial charge in [0.1, 0.15) is 5.75 Å². The largest absolute Gasteiger partial charge is 0.503 e. The van der Waals surface area contributed by atoms with Crippen molar-refractivity contribution in [2.45, 2.75) is 19.4 Å². The van der Waals surface area contributed by atoms with E-state index in [1.807, 2.05) is 31.1 Å². The molecule has 0 bridgehead atoms. The van der Waals surface area contributed by atoms with Crippen molar-refractivity contribution in [2.24, 2.45) is 0 Å². The Morgan fingerprint density at radius 2 is 2.08 bits per heavy atom. The molecule has 2 rings (SSSR count).